The molecule has 4 nitrogen and oxygen atoms in total. The minimum atomic E-state index is -3.58. The lowest BCUT2D eigenvalue weighted by Crippen LogP contribution is -2.27. The van der Waals surface area contributed by atoms with Gasteiger partial charge in [0.1, 0.15) is 11.0 Å². The summed E-state index contributed by atoms with van der Waals surface area (Å²) in [6.07, 6.45) is 0. The Hall–Kier alpha value is -1.16. The molecule has 92 valence electrons. The van der Waals surface area contributed by atoms with E-state index in [1.54, 1.807) is 0 Å². The van der Waals surface area contributed by atoms with Crippen LogP contribution in [0.25, 0.3) is 0 Å². The molecule has 1 rings (SSSR count). The van der Waals surface area contributed by atoms with Crippen LogP contribution in [0.3, 0.4) is 0 Å². The van der Waals surface area contributed by atoms with Crippen molar-refractivity contribution in [2.45, 2.75) is 6.54 Å². The predicted octanol–water partition coefficient (Wildman–Crippen LogP) is 1.66. The van der Waals surface area contributed by atoms with E-state index in [0.717, 1.165) is 10.4 Å². The van der Waals surface area contributed by atoms with E-state index < -0.39 is 21.1 Å². The van der Waals surface area contributed by atoms with E-state index in [0.29, 0.717) is 0 Å². The molecule has 17 heavy (non-hydrogen) atoms. The van der Waals surface area contributed by atoms with E-state index in [2.05, 4.69) is 0 Å². The summed E-state index contributed by atoms with van der Waals surface area (Å²) in [7, 11) is -2.28. The van der Waals surface area contributed by atoms with Crippen LogP contribution in [0.5, 0.6) is 0 Å². The summed E-state index contributed by atoms with van der Waals surface area (Å²) < 4.78 is 37.1. The lowest BCUT2D eigenvalue weighted by Gasteiger charge is -2.15. The average Bonchev–Trinajstić information content (AvgIpc) is 2.31. The van der Waals surface area contributed by atoms with Crippen molar-refractivity contribution >= 4 is 21.6 Å². The highest BCUT2D eigenvalue weighted by atomic mass is 35.5. The SMILES string of the molecule is CN(Cc1cc(C#N)ccc1F)S(=O)(=O)CCl. The monoisotopic (exact) mass is 276 g/mol. The highest BCUT2D eigenvalue weighted by Gasteiger charge is 2.18. The maximum Gasteiger partial charge on any atom is 0.228 e. The number of sulfonamides is 1. The number of benzene rings is 1. The molecule has 1 aromatic rings. The zero-order valence-electron chi connectivity index (χ0n) is 9.02. The lowest BCUT2D eigenvalue weighted by atomic mass is 10.1. The maximum absolute atomic E-state index is 13.4. The molecule has 0 aliphatic carbocycles. The smallest absolute Gasteiger partial charge is 0.211 e. The van der Waals surface area contributed by atoms with Crippen LogP contribution in [0.1, 0.15) is 11.1 Å². The molecule has 0 aromatic heterocycles. The fourth-order valence-corrected chi connectivity index (χ4v) is 2.19. The average molecular weight is 277 g/mol. The quantitative estimate of drug-likeness (QED) is 0.786. The first-order valence-electron chi connectivity index (χ1n) is 4.59. The topological polar surface area (TPSA) is 61.2 Å². The number of nitrogens with zero attached hydrogens (tertiary/aromatic N) is 2. The largest absolute Gasteiger partial charge is 0.228 e. The van der Waals surface area contributed by atoms with Crippen LogP contribution < -0.4 is 0 Å². The third-order valence-electron chi connectivity index (χ3n) is 2.18. The molecule has 0 amide bonds. The molecule has 0 fully saturated rings. The zero-order chi connectivity index (χ0) is 13.1. The number of nitriles is 1. The van der Waals surface area contributed by atoms with Gasteiger partial charge in [-0.05, 0) is 18.2 Å². The van der Waals surface area contributed by atoms with Gasteiger partial charge in [-0.25, -0.2) is 12.8 Å². The number of hydrogen-bond acceptors (Lipinski definition) is 3. The van der Waals surface area contributed by atoms with Gasteiger partial charge in [0.25, 0.3) is 0 Å². The molecule has 0 atom stereocenters. The lowest BCUT2D eigenvalue weighted by molar-refractivity contribution is 0.460. The van der Waals surface area contributed by atoms with Crippen LogP contribution in [0.2, 0.25) is 0 Å². The van der Waals surface area contributed by atoms with Gasteiger partial charge in [0.2, 0.25) is 10.0 Å². The molecular weight excluding hydrogens is 267 g/mol. The summed E-state index contributed by atoms with van der Waals surface area (Å²) in [5, 5.41) is 8.10. The van der Waals surface area contributed by atoms with Gasteiger partial charge in [0.15, 0.2) is 0 Å². The summed E-state index contributed by atoms with van der Waals surface area (Å²) in [6.45, 7) is -0.156. The summed E-state index contributed by atoms with van der Waals surface area (Å²) in [6, 6.07) is 5.64. The molecule has 0 unspecified atom stereocenters. The summed E-state index contributed by atoms with van der Waals surface area (Å²) in [5.41, 5.74) is 0.415. The second-order valence-corrected chi connectivity index (χ2v) is 6.06. The molecular formula is C10H10ClFN2O2S. The Balaban J connectivity index is 3.00. The number of rotatable bonds is 4. The van der Waals surface area contributed by atoms with Gasteiger partial charge in [-0.15, -0.1) is 11.6 Å². The summed E-state index contributed by atoms with van der Waals surface area (Å²) in [4.78, 5) is 0. The molecule has 1 aromatic carbocycles. The number of hydrogen-bond donors (Lipinski definition) is 0. The molecule has 0 spiro atoms. The molecule has 0 N–H and O–H groups in total. The van der Waals surface area contributed by atoms with Crippen molar-refractivity contribution in [3.63, 3.8) is 0 Å². The second kappa shape index (κ2) is 5.45. The van der Waals surface area contributed by atoms with E-state index in [1.807, 2.05) is 6.07 Å². The fourth-order valence-electron chi connectivity index (χ4n) is 1.19. The van der Waals surface area contributed by atoms with Crippen molar-refractivity contribution in [1.29, 1.82) is 5.26 Å². The normalized spacial score (nSPS) is 11.5. The summed E-state index contributed by atoms with van der Waals surface area (Å²) in [5.74, 6) is -0.555. The van der Waals surface area contributed by atoms with E-state index in [1.165, 1.54) is 19.2 Å². The maximum atomic E-state index is 13.4. The molecule has 0 bridgehead atoms. The predicted molar refractivity (Wildman–Crippen MR) is 62.2 cm³/mol. The van der Waals surface area contributed by atoms with Crippen molar-refractivity contribution in [2.75, 3.05) is 12.3 Å². The van der Waals surface area contributed by atoms with E-state index in [-0.39, 0.29) is 17.7 Å². The Morgan fingerprint density at radius 2 is 2.18 bits per heavy atom. The van der Waals surface area contributed by atoms with Crippen molar-refractivity contribution in [3.8, 4) is 6.07 Å². The Morgan fingerprint density at radius 3 is 2.71 bits per heavy atom. The van der Waals surface area contributed by atoms with Crippen LogP contribution in [-0.4, -0.2) is 25.0 Å². The Kier molecular flexibility index (Phi) is 4.46. The highest BCUT2D eigenvalue weighted by Crippen LogP contribution is 2.14. The Bertz CT molecular complexity index is 554. The third-order valence-corrected chi connectivity index (χ3v) is 4.36. The van der Waals surface area contributed by atoms with Crippen molar-refractivity contribution in [2.24, 2.45) is 0 Å². The molecule has 0 aliphatic rings. The van der Waals surface area contributed by atoms with Gasteiger partial charge in [-0.2, -0.15) is 9.57 Å². The van der Waals surface area contributed by atoms with Crippen molar-refractivity contribution < 1.29 is 12.8 Å². The van der Waals surface area contributed by atoms with Crippen molar-refractivity contribution in [1.82, 2.24) is 4.31 Å². The molecule has 0 heterocycles. The Labute approximate surface area is 104 Å². The molecule has 0 saturated heterocycles. The molecule has 0 saturated carbocycles. The first-order chi connectivity index (χ1) is 7.90. The second-order valence-electron chi connectivity index (χ2n) is 3.40. The van der Waals surface area contributed by atoms with E-state index in [9.17, 15) is 12.8 Å². The van der Waals surface area contributed by atoms with Crippen molar-refractivity contribution in [3.05, 3.63) is 35.1 Å². The van der Waals surface area contributed by atoms with Gasteiger partial charge in [-0.1, -0.05) is 0 Å². The number of halogens is 2. The van der Waals surface area contributed by atoms with Crippen LogP contribution in [0, 0.1) is 17.1 Å². The van der Waals surface area contributed by atoms with Gasteiger partial charge >= 0.3 is 0 Å². The van der Waals surface area contributed by atoms with Crippen LogP contribution in [0.15, 0.2) is 18.2 Å². The van der Waals surface area contributed by atoms with Crippen LogP contribution in [0.4, 0.5) is 4.39 Å². The standard InChI is InChI=1S/C10H10ClFN2O2S/c1-14(17(15,16)7-11)6-9-4-8(5-13)2-3-10(9)12/h2-4H,6-7H2,1H3. The molecule has 7 heteroatoms. The fraction of sp³-hybridized carbons (Fsp3) is 0.300. The van der Waals surface area contributed by atoms with E-state index >= 15 is 0 Å². The molecule has 0 radical (unpaired) electrons. The minimum Gasteiger partial charge on any atom is -0.211 e. The van der Waals surface area contributed by atoms with Gasteiger partial charge < -0.3 is 0 Å². The van der Waals surface area contributed by atoms with Gasteiger partial charge in [0.05, 0.1) is 11.6 Å². The van der Waals surface area contributed by atoms with Crippen LogP contribution >= 0.6 is 11.6 Å². The first kappa shape index (κ1) is 13.9. The van der Waals surface area contributed by atoms with E-state index in [4.69, 9.17) is 16.9 Å². The first-order valence-corrected chi connectivity index (χ1v) is 6.73. The zero-order valence-corrected chi connectivity index (χ0v) is 10.6. The number of alkyl halides is 1. The third kappa shape index (κ3) is 3.40. The minimum absolute atomic E-state index is 0.139. The summed E-state index contributed by atoms with van der Waals surface area (Å²) >= 11 is 5.28. The van der Waals surface area contributed by atoms with Gasteiger partial charge in [-0.3, -0.25) is 0 Å². The highest BCUT2D eigenvalue weighted by molar-refractivity contribution is 7.90. The van der Waals surface area contributed by atoms with Crippen LogP contribution in [-0.2, 0) is 16.6 Å². The Morgan fingerprint density at radius 1 is 1.53 bits per heavy atom. The van der Waals surface area contributed by atoms with Gasteiger partial charge in [0, 0.05) is 19.2 Å². The molecule has 0 aliphatic heterocycles.